The number of aryl methyl sites for hydroxylation is 1. The van der Waals surface area contributed by atoms with Crippen LogP contribution in [0.1, 0.15) is 29.0 Å². The molecule has 1 aliphatic heterocycles. The van der Waals surface area contributed by atoms with E-state index in [4.69, 9.17) is 5.11 Å². The molecule has 5 heteroatoms. The summed E-state index contributed by atoms with van der Waals surface area (Å²) in [6.45, 7) is 2.54. The van der Waals surface area contributed by atoms with E-state index in [1.807, 2.05) is 19.1 Å². The summed E-state index contributed by atoms with van der Waals surface area (Å²) >= 11 is 1.61. The molecular formula is C14H17NO3S. The van der Waals surface area contributed by atoms with E-state index in [2.05, 4.69) is 0 Å². The third kappa shape index (κ3) is 3.44. The topological polar surface area (TPSA) is 57.6 Å². The van der Waals surface area contributed by atoms with Gasteiger partial charge < -0.3 is 10.0 Å². The number of piperidine rings is 1. The van der Waals surface area contributed by atoms with E-state index in [0.717, 1.165) is 17.7 Å². The normalized spacial score (nSPS) is 19.8. The van der Waals surface area contributed by atoms with Crippen molar-refractivity contribution >= 4 is 29.3 Å². The van der Waals surface area contributed by atoms with Gasteiger partial charge in [0.25, 0.3) is 0 Å². The molecule has 0 radical (unpaired) electrons. The number of hydrogen-bond acceptors (Lipinski definition) is 3. The molecule has 0 aliphatic carbocycles. The van der Waals surface area contributed by atoms with Crippen molar-refractivity contribution in [1.82, 2.24) is 4.90 Å². The van der Waals surface area contributed by atoms with Crippen LogP contribution < -0.4 is 0 Å². The first kappa shape index (κ1) is 13.8. The highest BCUT2D eigenvalue weighted by Crippen LogP contribution is 2.19. The van der Waals surface area contributed by atoms with Gasteiger partial charge >= 0.3 is 5.97 Å². The van der Waals surface area contributed by atoms with E-state index < -0.39 is 12.0 Å². The molecule has 1 aliphatic rings. The summed E-state index contributed by atoms with van der Waals surface area (Å²) in [6, 6.07) is 3.28. The van der Waals surface area contributed by atoms with Crippen LogP contribution in [0, 0.1) is 6.92 Å². The van der Waals surface area contributed by atoms with Gasteiger partial charge in [-0.3, -0.25) is 4.79 Å². The molecule has 19 heavy (non-hydrogen) atoms. The minimum Gasteiger partial charge on any atom is -0.480 e. The van der Waals surface area contributed by atoms with Gasteiger partial charge in [-0.25, -0.2) is 4.79 Å². The minimum atomic E-state index is -0.909. The predicted octanol–water partition coefficient (Wildman–Crippen LogP) is 2.54. The van der Waals surface area contributed by atoms with E-state index >= 15 is 0 Å². The van der Waals surface area contributed by atoms with Crippen LogP contribution in [0.4, 0.5) is 0 Å². The quantitative estimate of drug-likeness (QED) is 0.865. The van der Waals surface area contributed by atoms with Gasteiger partial charge in [0.2, 0.25) is 5.91 Å². The van der Waals surface area contributed by atoms with Crippen molar-refractivity contribution < 1.29 is 14.7 Å². The summed E-state index contributed by atoms with van der Waals surface area (Å²) in [4.78, 5) is 26.9. The third-order valence-electron chi connectivity index (χ3n) is 3.22. The Kier molecular flexibility index (Phi) is 4.37. The lowest BCUT2D eigenvalue weighted by Crippen LogP contribution is -2.47. The van der Waals surface area contributed by atoms with E-state index in [0.29, 0.717) is 13.0 Å². The SMILES string of the molecule is Cc1ccc(C=CC(=O)N2CCCC[C@@H]2C(=O)O)s1. The first-order chi connectivity index (χ1) is 9.08. The molecule has 4 nitrogen and oxygen atoms in total. The first-order valence-electron chi connectivity index (χ1n) is 6.36. The number of carbonyl (C=O) groups is 2. The molecule has 102 valence electrons. The predicted molar refractivity (Wildman–Crippen MR) is 75.1 cm³/mol. The molecule has 2 rings (SSSR count). The largest absolute Gasteiger partial charge is 0.480 e. The average Bonchev–Trinajstić information content (AvgIpc) is 2.81. The molecule has 1 aromatic heterocycles. The maximum absolute atomic E-state index is 12.1. The van der Waals surface area contributed by atoms with Gasteiger partial charge in [-0.1, -0.05) is 0 Å². The zero-order valence-corrected chi connectivity index (χ0v) is 11.7. The number of hydrogen-bond donors (Lipinski definition) is 1. The van der Waals surface area contributed by atoms with Crippen LogP contribution in [0.25, 0.3) is 6.08 Å². The average molecular weight is 279 g/mol. The highest BCUT2D eigenvalue weighted by molar-refractivity contribution is 7.12. The summed E-state index contributed by atoms with van der Waals surface area (Å²) in [6.07, 6.45) is 5.53. The zero-order chi connectivity index (χ0) is 13.8. The summed E-state index contributed by atoms with van der Waals surface area (Å²) in [5.74, 6) is -1.12. The smallest absolute Gasteiger partial charge is 0.326 e. The molecule has 1 amide bonds. The van der Waals surface area contributed by atoms with Crippen LogP contribution in [-0.4, -0.2) is 34.5 Å². The van der Waals surface area contributed by atoms with E-state index in [9.17, 15) is 9.59 Å². The summed E-state index contributed by atoms with van der Waals surface area (Å²) in [5.41, 5.74) is 0. The van der Waals surface area contributed by atoms with Crippen LogP contribution in [0.5, 0.6) is 0 Å². The lowest BCUT2D eigenvalue weighted by atomic mass is 10.0. The van der Waals surface area contributed by atoms with Crippen molar-refractivity contribution in [2.45, 2.75) is 32.2 Å². The number of likely N-dealkylation sites (tertiary alicyclic amines) is 1. The third-order valence-corrected chi connectivity index (χ3v) is 4.19. The molecule has 0 spiro atoms. The second kappa shape index (κ2) is 6.02. The van der Waals surface area contributed by atoms with Gasteiger partial charge in [-0.2, -0.15) is 0 Å². The Hall–Kier alpha value is -1.62. The Bertz CT molecular complexity index is 507. The molecule has 1 aromatic rings. The number of carboxylic acids is 1. The Balaban J connectivity index is 2.05. The zero-order valence-electron chi connectivity index (χ0n) is 10.8. The maximum atomic E-state index is 12.1. The van der Waals surface area contributed by atoms with Crippen LogP contribution in [0.3, 0.4) is 0 Å². The fourth-order valence-corrected chi connectivity index (χ4v) is 3.02. The molecule has 2 heterocycles. The van der Waals surface area contributed by atoms with E-state index in [1.165, 1.54) is 15.9 Å². The monoisotopic (exact) mass is 279 g/mol. The van der Waals surface area contributed by atoms with Crippen molar-refractivity contribution in [1.29, 1.82) is 0 Å². The number of carboxylic acid groups (broad SMARTS) is 1. The highest BCUT2D eigenvalue weighted by atomic mass is 32.1. The Morgan fingerprint density at radius 1 is 1.42 bits per heavy atom. The van der Waals surface area contributed by atoms with Crippen molar-refractivity contribution in [3.05, 3.63) is 28.0 Å². The van der Waals surface area contributed by atoms with Crippen LogP contribution in [-0.2, 0) is 9.59 Å². The number of nitrogens with zero attached hydrogens (tertiary/aromatic N) is 1. The summed E-state index contributed by atoms with van der Waals surface area (Å²) in [7, 11) is 0. The van der Waals surface area contributed by atoms with E-state index in [-0.39, 0.29) is 5.91 Å². The molecule has 0 bridgehead atoms. The molecule has 0 unspecified atom stereocenters. The van der Waals surface area contributed by atoms with Gasteiger partial charge in [-0.05, 0) is 44.4 Å². The molecule has 1 fully saturated rings. The lowest BCUT2D eigenvalue weighted by Gasteiger charge is -2.32. The van der Waals surface area contributed by atoms with Crippen molar-refractivity contribution in [2.24, 2.45) is 0 Å². The molecule has 1 atom stereocenters. The number of thiophene rings is 1. The second-order valence-corrected chi connectivity index (χ2v) is 5.98. The summed E-state index contributed by atoms with van der Waals surface area (Å²) in [5, 5.41) is 9.13. The molecule has 0 aromatic carbocycles. The van der Waals surface area contributed by atoms with Crippen molar-refractivity contribution in [3.63, 3.8) is 0 Å². The Morgan fingerprint density at radius 2 is 2.21 bits per heavy atom. The lowest BCUT2D eigenvalue weighted by molar-refractivity contribution is -0.150. The van der Waals surface area contributed by atoms with Crippen molar-refractivity contribution in [3.8, 4) is 0 Å². The fraction of sp³-hybridized carbons (Fsp3) is 0.429. The molecule has 0 saturated carbocycles. The van der Waals surface area contributed by atoms with Crippen molar-refractivity contribution in [2.75, 3.05) is 6.54 Å². The van der Waals surface area contributed by atoms with Gasteiger partial charge in [0.1, 0.15) is 6.04 Å². The van der Waals surface area contributed by atoms with Gasteiger partial charge in [0.05, 0.1) is 0 Å². The Labute approximate surface area is 116 Å². The van der Waals surface area contributed by atoms with Crippen LogP contribution in [0.15, 0.2) is 18.2 Å². The van der Waals surface area contributed by atoms with Crippen LogP contribution >= 0.6 is 11.3 Å². The fourth-order valence-electron chi connectivity index (χ4n) is 2.24. The van der Waals surface area contributed by atoms with Gasteiger partial charge in [-0.15, -0.1) is 11.3 Å². The number of amides is 1. The second-order valence-electron chi connectivity index (χ2n) is 4.66. The highest BCUT2D eigenvalue weighted by Gasteiger charge is 2.30. The van der Waals surface area contributed by atoms with Crippen LogP contribution in [0.2, 0.25) is 0 Å². The van der Waals surface area contributed by atoms with E-state index in [1.54, 1.807) is 17.4 Å². The standard InChI is InChI=1S/C14H17NO3S/c1-10-5-6-11(19-10)7-8-13(16)15-9-3-2-4-12(15)14(17)18/h5-8,12H,2-4,9H2,1H3,(H,17,18)/t12-/m1/s1. The Morgan fingerprint density at radius 3 is 2.84 bits per heavy atom. The maximum Gasteiger partial charge on any atom is 0.326 e. The number of carbonyl (C=O) groups excluding carboxylic acids is 1. The van der Waals surface area contributed by atoms with Gasteiger partial charge in [0, 0.05) is 22.4 Å². The minimum absolute atomic E-state index is 0.210. The first-order valence-corrected chi connectivity index (χ1v) is 7.17. The molecule has 1 N–H and O–H groups in total. The number of aliphatic carboxylic acids is 1. The summed E-state index contributed by atoms with van der Waals surface area (Å²) < 4.78 is 0. The molecule has 1 saturated heterocycles. The molecular weight excluding hydrogens is 262 g/mol. The van der Waals surface area contributed by atoms with Gasteiger partial charge in [0.15, 0.2) is 0 Å². The number of rotatable bonds is 3.